The van der Waals surface area contributed by atoms with Gasteiger partial charge in [0.25, 0.3) is 0 Å². The first kappa shape index (κ1) is 20.5. The summed E-state index contributed by atoms with van der Waals surface area (Å²) in [5, 5.41) is 2.21. The van der Waals surface area contributed by atoms with Gasteiger partial charge in [0.05, 0.1) is 11.3 Å². The fourth-order valence-electron chi connectivity index (χ4n) is 5.11. The third-order valence-corrected chi connectivity index (χ3v) is 6.73. The maximum absolute atomic E-state index is 6.37. The van der Waals surface area contributed by atoms with Gasteiger partial charge in [-0.05, 0) is 23.3 Å². The van der Waals surface area contributed by atoms with Crippen LogP contribution in [0.15, 0.2) is 138 Å². The molecule has 0 unspecified atom stereocenters. The van der Waals surface area contributed by atoms with Crippen LogP contribution in [-0.2, 0) is 0 Å². The third-order valence-electron chi connectivity index (χ3n) is 6.73. The van der Waals surface area contributed by atoms with Crippen LogP contribution < -0.4 is 0 Å². The molecule has 3 heteroatoms. The highest BCUT2D eigenvalue weighted by Crippen LogP contribution is 2.40. The molecular formula is C33H22N2O. The molecule has 170 valence electrons. The molecule has 0 radical (unpaired) electrons. The minimum Gasteiger partial charge on any atom is -0.455 e. The SMILES string of the molecule is c1ccc(-c2cccc(-c3ccccc3)c2-n2ccnc2-c2cccc3c2oc2ccccc23)cc1. The molecule has 0 fully saturated rings. The summed E-state index contributed by atoms with van der Waals surface area (Å²) in [5.74, 6) is 0.847. The molecule has 5 aromatic carbocycles. The molecule has 0 spiro atoms. The van der Waals surface area contributed by atoms with E-state index in [0.717, 1.165) is 61.3 Å². The quantitative estimate of drug-likeness (QED) is 0.262. The summed E-state index contributed by atoms with van der Waals surface area (Å²) in [4.78, 5) is 4.86. The predicted octanol–water partition coefficient (Wildman–Crippen LogP) is 8.77. The van der Waals surface area contributed by atoms with Crippen molar-refractivity contribution in [3.05, 3.63) is 134 Å². The molecular weight excluding hydrogens is 440 g/mol. The Labute approximate surface area is 208 Å². The minimum atomic E-state index is 0.847. The Morgan fingerprint density at radius 1 is 0.528 bits per heavy atom. The lowest BCUT2D eigenvalue weighted by molar-refractivity contribution is 0.669. The van der Waals surface area contributed by atoms with E-state index in [4.69, 9.17) is 9.40 Å². The summed E-state index contributed by atoms with van der Waals surface area (Å²) in [6.07, 6.45) is 3.92. The summed E-state index contributed by atoms with van der Waals surface area (Å²) in [5.41, 5.74) is 8.41. The van der Waals surface area contributed by atoms with E-state index in [0.29, 0.717) is 0 Å². The summed E-state index contributed by atoms with van der Waals surface area (Å²) in [6, 6.07) is 42.0. The summed E-state index contributed by atoms with van der Waals surface area (Å²) in [7, 11) is 0. The Morgan fingerprint density at radius 2 is 1.11 bits per heavy atom. The van der Waals surface area contributed by atoms with Gasteiger partial charge in [-0.25, -0.2) is 4.98 Å². The van der Waals surface area contributed by atoms with Gasteiger partial charge in [-0.15, -0.1) is 0 Å². The maximum Gasteiger partial charge on any atom is 0.148 e. The number of para-hydroxylation sites is 3. The van der Waals surface area contributed by atoms with Crippen LogP contribution in [0.2, 0.25) is 0 Å². The smallest absolute Gasteiger partial charge is 0.148 e. The van der Waals surface area contributed by atoms with Crippen LogP contribution in [-0.4, -0.2) is 9.55 Å². The highest BCUT2D eigenvalue weighted by Gasteiger charge is 2.20. The van der Waals surface area contributed by atoms with Crippen molar-refractivity contribution in [3.63, 3.8) is 0 Å². The second-order valence-corrected chi connectivity index (χ2v) is 8.84. The van der Waals surface area contributed by atoms with Gasteiger partial charge in [-0.1, -0.05) is 109 Å². The number of benzene rings is 5. The molecule has 7 aromatic rings. The van der Waals surface area contributed by atoms with E-state index in [-0.39, 0.29) is 0 Å². The molecule has 7 rings (SSSR count). The average molecular weight is 463 g/mol. The molecule has 3 nitrogen and oxygen atoms in total. The zero-order valence-electron chi connectivity index (χ0n) is 19.5. The average Bonchev–Trinajstić information content (AvgIpc) is 3.58. The zero-order chi connectivity index (χ0) is 23.9. The van der Waals surface area contributed by atoms with Crippen LogP contribution in [0.5, 0.6) is 0 Å². The summed E-state index contributed by atoms with van der Waals surface area (Å²) >= 11 is 0. The van der Waals surface area contributed by atoms with Crippen LogP contribution in [0.3, 0.4) is 0 Å². The molecule has 0 aliphatic heterocycles. The van der Waals surface area contributed by atoms with E-state index in [9.17, 15) is 0 Å². The van der Waals surface area contributed by atoms with E-state index in [1.165, 1.54) is 0 Å². The van der Waals surface area contributed by atoms with Gasteiger partial charge >= 0.3 is 0 Å². The minimum absolute atomic E-state index is 0.847. The molecule has 36 heavy (non-hydrogen) atoms. The van der Waals surface area contributed by atoms with Crippen LogP contribution >= 0.6 is 0 Å². The molecule has 0 N–H and O–H groups in total. The lowest BCUT2D eigenvalue weighted by Gasteiger charge is -2.18. The zero-order valence-corrected chi connectivity index (χ0v) is 19.5. The Hall–Kier alpha value is -4.89. The molecule has 2 aromatic heterocycles. The number of hydrogen-bond donors (Lipinski definition) is 0. The van der Waals surface area contributed by atoms with Crippen molar-refractivity contribution in [2.75, 3.05) is 0 Å². The van der Waals surface area contributed by atoms with E-state index in [1.807, 2.05) is 30.6 Å². The fourth-order valence-corrected chi connectivity index (χ4v) is 5.11. The van der Waals surface area contributed by atoms with Crippen molar-refractivity contribution < 1.29 is 4.42 Å². The van der Waals surface area contributed by atoms with Crippen LogP contribution in [0.1, 0.15) is 0 Å². The second-order valence-electron chi connectivity index (χ2n) is 8.84. The van der Waals surface area contributed by atoms with Gasteiger partial charge in [0.1, 0.15) is 17.0 Å². The van der Waals surface area contributed by atoms with Gasteiger partial charge in [0.2, 0.25) is 0 Å². The lowest BCUT2D eigenvalue weighted by atomic mass is 9.95. The van der Waals surface area contributed by atoms with Gasteiger partial charge in [0.15, 0.2) is 0 Å². The van der Waals surface area contributed by atoms with Crippen LogP contribution in [0, 0.1) is 0 Å². The molecule has 0 amide bonds. The van der Waals surface area contributed by atoms with E-state index in [1.54, 1.807) is 0 Å². The Morgan fingerprint density at radius 3 is 1.83 bits per heavy atom. The van der Waals surface area contributed by atoms with E-state index in [2.05, 4.69) is 108 Å². The maximum atomic E-state index is 6.37. The van der Waals surface area contributed by atoms with Crippen molar-refractivity contribution in [3.8, 4) is 39.3 Å². The predicted molar refractivity (Wildman–Crippen MR) is 147 cm³/mol. The molecule has 0 saturated carbocycles. The van der Waals surface area contributed by atoms with Gasteiger partial charge < -0.3 is 4.42 Å². The number of aromatic nitrogens is 2. The van der Waals surface area contributed by atoms with Crippen LogP contribution in [0.4, 0.5) is 0 Å². The standard InChI is InChI=1S/C33H22N2O/c1-3-11-23(12-4-1)25-16-9-17-26(24-13-5-2-6-14-24)31(25)35-22-21-34-33(35)29-19-10-18-28-27-15-7-8-20-30(27)36-32(28)29/h1-22H. The largest absolute Gasteiger partial charge is 0.455 e. The lowest BCUT2D eigenvalue weighted by Crippen LogP contribution is -2.02. The number of imidazole rings is 1. The first-order valence-corrected chi connectivity index (χ1v) is 12.1. The van der Waals surface area contributed by atoms with Crippen molar-refractivity contribution in [1.29, 1.82) is 0 Å². The van der Waals surface area contributed by atoms with E-state index < -0.39 is 0 Å². The molecule has 0 aliphatic rings. The number of rotatable bonds is 4. The van der Waals surface area contributed by atoms with Crippen LogP contribution in [0.25, 0.3) is 61.3 Å². The van der Waals surface area contributed by atoms with Crippen molar-refractivity contribution >= 4 is 21.9 Å². The number of nitrogens with zero attached hydrogens (tertiary/aromatic N) is 2. The highest BCUT2D eigenvalue weighted by molar-refractivity contribution is 6.09. The Kier molecular flexibility index (Phi) is 4.78. The molecule has 0 atom stereocenters. The fraction of sp³-hybridized carbons (Fsp3) is 0. The molecule has 0 bridgehead atoms. The van der Waals surface area contributed by atoms with Gasteiger partial charge in [-0.3, -0.25) is 4.57 Å². The number of furan rings is 1. The molecule has 0 aliphatic carbocycles. The van der Waals surface area contributed by atoms with E-state index >= 15 is 0 Å². The molecule has 0 saturated heterocycles. The topological polar surface area (TPSA) is 31.0 Å². The Balaban J connectivity index is 1.53. The number of hydrogen-bond acceptors (Lipinski definition) is 2. The van der Waals surface area contributed by atoms with Gasteiger partial charge in [0, 0.05) is 34.3 Å². The third kappa shape index (κ3) is 3.25. The van der Waals surface area contributed by atoms with Crippen molar-refractivity contribution in [2.45, 2.75) is 0 Å². The van der Waals surface area contributed by atoms with Gasteiger partial charge in [-0.2, -0.15) is 0 Å². The van der Waals surface area contributed by atoms with Crippen molar-refractivity contribution in [1.82, 2.24) is 9.55 Å². The molecule has 2 heterocycles. The summed E-state index contributed by atoms with van der Waals surface area (Å²) < 4.78 is 8.58. The normalized spacial score (nSPS) is 11.3. The monoisotopic (exact) mass is 462 g/mol. The summed E-state index contributed by atoms with van der Waals surface area (Å²) in [6.45, 7) is 0. The number of fused-ring (bicyclic) bond motifs is 3. The van der Waals surface area contributed by atoms with Crippen molar-refractivity contribution in [2.24, 2.45) is 0 Å². The first-order chi connectivity index (χ1) is 17.9. The first-order valence-electron chi connectivity index (χ1n) is 12.1. The Bertz CT molecular complexity index is 1770. The second kappa shape index (κ2) is 8.40. The highest BCUT2D eigenvalue weighted by atomic mass is 16.3.